The average Bonchev–Trinajstić information content (AvgIpc) is 3.92. The highest BCUT2D eigenvalue weighted by atomic mass is 17.3. The highest BCUT2D eigenvalue weighted by Crippen LogP contribution is 2.65. The first kappa shape index (κ1) is 40.8. The first-order chi connectivity index (χ1) is 29.0. The first-order valence-electron chi connectivity index (χ1n) is 20.9. The van der Waals surface area contributed by atoms with Gasteiger partial charge in [0.05, 0.1) is 32.6 Å². The van der Waals surface area contributed by atoms with E-state index in [9.17, 15) is 19.8 Å². The summed E-state index contributed by atoms with van der Waals surface area (Å²) in [5.74, 6) is 2.31. The predicted molar refractivity (Wildman–Crippen MR) is 213 cm³/mol. The van der Waals surface area contributed by atoms with E-state index in [2.05, 4.69) is 36.8 Å². The number of hydrogen-bond donors (Lipinski definition) is 5. The van der Waals surface area contributed by atoms with Gasteiger partial charge in [0.2, 0.25) is 17.5 Å². The molecule has 2 aliphatic heterocycles. The first-order valence-corrected chi connectivity index (χ1v) is 20.9. The minimum Gasteiger partial charge on any atom is -0.497 e. The molecule has 18 nitrogen and oxygen atoms in total. The minimum atomic E-state index is -1.33. The van der Waals surface area contributed by atoms with Gasteiger partial charge in [0, 0.05) is 50.7 Å². The molecular weight excluding hydrogens is 777 g/mol. The number of anilines is 1. The number of rotatable bonds is 12. The molecule has 1 aromatic carbocycles. The third kappa shape index (κ3) is 7.33. The van der Waals surface area contributed by atoms with Gasteiger partial charge in [-0.25, -0.2) is 19.7 Å². The number of imidazole rings is 1. The number of carbonyl (C=O) groups is 2. The molecule has 10 rings (SSSR count). The molecule has 5 saturated carbocycles. The molecule has 7 aliphatic rings. The van der Waals surface area contributed by atoms with Gasteiger partial charge in [-0.15, -0.1) is 6.42 Å². The van der Waals surface area contributed by atoms with Crippen LogP contribution in [0.3, 0.4) is 0 Å². The van der Waals surface area contributed by atoms with Crippen LogP contribution in [0.25, 0.3) is 11.2 Å². The Morgan fingerprint density at radius 3 is 2.60 bits per heavy atom. The topological polar surface area (TPSA) is 213 Å². The molecule has 2 saturated heterocycles. The number of aliphatic hydroxyl groups excluding tert-OH is 2. The van der Waals surface area contributed by atoms with Crippen molar-refractivity contribution < 1.29 is 48.5 Å². The lowest BCUT2D eigenvalue weighted by molar-refractivity contribution is -0.392. The Bertz CT molecular complexity index is 2100. The zero-order valence-corrected chi connectivity index (χ0v) is 34.1. The maximum Gasteiger partial charge on any atom is 0.408 e. The molecule has 3 unspecified atom stereocenters. The minimum absolute atomic E-state index is 0.00812. The molecule has 4 bridgehead atoms. The number of hydrogen-bond acceptors (Lipinski definition) is 15. The molecule has 2 spiro atoms. The molecule has 7 fully saturated rings. The number of aromatic nitrogens is 4. The van der Waals surface area contributed by atoms with E-state index in [1.165, 1.54) is 12.7 Å². The summed E-state index contributed by atoms with van der Waals surface area (Å²) in [6.45, 7) is 0.0235. The Kier molecular flexibility index (Phi) is 10.9. The summed E-state index contributed by atoms with van der Waals surface area (Å²) in [6, 6.07) is 4.91. The van der Waals surface area contributed by atoms with Crippen LogP contribution in [0.1, 0.15) is 69.6 Å². The van der Waals surface area contributed by atoms with Crippen LogP contribution in [0.15, 0.2) is 36.9 Å². The van der Waals surface area contributed by atoms with E-state index in [-0.39, 0.29) is 30.2 Å². The number of nitrogens with one attached hydrogen (secondary N) is 3. The average molecular weight is 831 g/mol. The number of amides is 2. The second-order valence-corrected chi connectivity index (χ2v) is 17.6. The Balaban J connectivity index is 0.881. The molecule has 3 aromatic rings. The summed E-state index contributed by atoms with van der Waals surface area (Å²) in [5.41, 5.74) is 1.62. The van der Waals surface area contributed by atoms with Crippen molar-refractivity contribution in [1.82, 2.24) is 35.5 Å². The van der Waals surface area contributed by atoms with E-state index < -0.39 is 66.8 Å². The second-order valence-electron chi connectivity index (χ2n) is 17.6. The van der Waals surface area contributed by atoms with Crippen LogP contribution < -0.4 is 25.6 Å². The van der Waals surface area contributed by atoms with Gasteiger partial charge in [0.25, 0.3) is 0 Å². The van der Waals surface area contributed by atoms with Crippen LogP contribution in [-0.4, -0.2) is 124 Å². The number of alkyl carbamates (subject to hydrolysis) is 1. The van der Waals surface area contributed by atoms with Gasteiger partial charge in [-0.05, 0) is 68.6 Å². The number of carbonyl (C=O) groups excluding carboxylic acids is 2. The quantitative estimate of drug-likeness (QED) is 0.131. The number of methoxy groups -OCH3 is 1. The monoisotopic (exact) mass is 830 g/mol. The molecule has 5 aliphatic carbocycles. The van der Waals surface area contributed by atoms with Crippen LogP contribution in [0.5, 0.6) is 5.75 Å². The SMILES string of the molecule is C#CCNC12CC3CC(C1)C1(OO[C@@]4(CCCC(OC(=O)N[C@@H](Cc5ccc(OC)cc5)C(=O)N[C@H]5[C@@H](O)[C@H](n6cnc7c(N(C)C)ncnc76)O[C@@H]5CO)C4)O1)C(C3)C2. The van der Waals surface area contributed by atoms with Crippen molar-refractivity contribution >= 4 is 29.0 Å². The number of fused-ring (bicyclic) bond motifs is 1. The number of nitrogens with zero attached hydrogens (tertiary/aromatic N) is 5. The molecule has 322 valence electrons. The highest BCUT2D eigenvalue weighted by molar-refractivity contribution is 5.86. The van der Waals surface area contributed by atoms with Crippen molar-refractivity contribution in [3.05, 3.63) is 42.5 Å². The van der Waals surface area contributed by atoms with Crippen molar-refractivity contribution in [2.24, 2.45) is 17.8 Å². The number of benzene rings is 1. The third-order valence-electron chi connectivity index (χ3n) is 13.6. The highest BCUT2D eigenvalue weighted by Gasteiger charge is 2.70. The zero-order valence-electron chi connectivity index (χ0n) is 34.1. The van der Waals surface area contributed by atoms with E-state index in [4.69, 9.17) is 35.1 Å². The summed E-state index contributed by atoms with van der Waals surface area (Å²) >= 11 is 0. The van der Waals surface area contributed by atoms with Gasteiger partial charge in [-0.1, -0.05) is 18.1 Å². The molecule has 9 atom stereocenters. The van der Waals surface area contributed by atoms with Crippen molar-refractivity contribution in [2.45, 2.75) is 118 Å². The summed E-state index contributed by atoms with van der Waals surface area (Å²) in [4.78, 5) is 55.3. The molecule has 2 amide bonds. The van der Waals surface area contributed by atoms with Crippen molar-refractivity contribution in [3.8, 4) is 18.1 Å². The normalized spacial score (nSPS) is 35.7. The molecule has 18 heteroatoms. The third-order valence-corrected chi connectivity index (χ3v) is 13.6. The summed E-state index contributed by atoms with van der Waals surface area (Å²) in [5, 5.41) is 31.2. The molecule has 4 heterocycles. The molecular formula is C42H54N8O10. The lowest BCUT2D eigenvalue weighted by atomic mass is 9.50. The Morgan fingerprint density at radius 1 is 1.10 bits per heavy atom. The Labute approximate surface area is 347 Å². The van der Waals surface area contributed by atoms with Crippen molar-refractivity contribution in [3.63, 3.8) is 0 Å². The fraction of sp³-hybridized carbons (Fsp3) is 0.643. The van der Waals surface area contributed by atoms with E-state index in [1.54, 1.807) is 40.8 Å². The van der Waals surface area contributed by atoms with Crippen molar-refractivity contribution in [1.29, 1.82) is 0 Å². The predicted octanol–water partition coefficient (Wildman–Crippen LogP) is 2.09. The van der Waals surface area contributed by atoms with Gasteiger partial charge >= 0.3 is 6.09 Å². The van der Waals surface area contributed by atoms with E-state index in [0.29, 0.717) is 54.5 Å². The molecule has 0 radical (unpaired) electrons. The smallest absolute Gasteiger partial charge is 0.408 e. The van der Waals surface area contributed by atoms with Crippen molar-refractivity contribution in [2.75, 3.05) is 39.3 Å². The summed E-state index contributed by atoms with van der Waals surface area (Å²) in [7, 11) is 5.22. The number of aliphatic hydroxyl groups is 2. The fourth-order valence-electron chi connectivity index (χ4n) is 11.0. The van der Waals surface area contributed by atoms with Gasteiger partial charge in [0.15, 0.2) is 23.2 Å². The van der Waals surface area contributed by atoms with E-state index in [1.807, 2.05) is 14.1 Å². The van der Waals surface area contributed by atoms with Crippen LogP contribution in [0.2, 0.25) is 0 Å². The fourth-order valence-corrected chi connectivity index (χ4v) is 11.0. The maximum absolute atomic E-state index is 14.2. The summed E-state index contributed by atoms with van der Waals surface area (Å²) < 4.78 is 25.9. The lowest BCUT2D eigenvalue weighted by Crippen LogP contribution is -2.68. The zero-order chi connectivity index (χ0) is 41.8. The van der Waals surface area contributed by atoms with E-state index in [0.717, 1.165) is 37.7 Å². The molecule has 60 heavy (non-hydrogen) atoms. The largest absolute Gasteiger partial charge is 0.497 e. The lowest BCUT2D eigenvalue weighted by Gasteiger charge is -2.62. The summed E-state index contributed by atoms with van der Waals surface area (Å²) in [6.07, 6.45) is 10.9. The number of ether oxygens (including phenoxy) is 4. The van der Waals surface area contributed by atoms with Gasteiger partial charge in [0.1, 0.15) is 36.4 Å². The van der Waals surface area contributed by atoms with E-state index >= 15 is 0 Å². The van der Waals surface area contributed by atoms with Gasteiger partial charge in [-0.3, -0.25) is 9.36 Å². The van der Waals surface area contributed by atoms with Gasteiger partial charge in [-0.2, -0.15) is 9.78 Å². The van der Waals surface area contributed by atoms with Crippen LogP contribution in [-0.2, 0) is 35.2 Å². The van der Waals surface area contributed by atoms with Crippen LogP contribution in [0.4, 0.5) is 10.6 Å². The standard InChI is InChI=1S/C42H54N8O10/c1-5-13-46-40-17-25-14-26(18-40)42(27(15-25)19-40)58-41(59-60-42)12-6-7-29(20-41)56-39(54)47-30(16-24-8-10-28(55-4)11-9-24)37(53)48-32-31(21-51)57-38(34(32)52)50-23-45-33-35(49(2)3)43-22-44-36(33)50/h1,8-11,22-23,25-27,29-32,34,38,46,51-52H,6-7,12-21H2,2-4H3,(H,47,54)(H,48,53)/t25?,26?,27?,29?,30-,31+,32+,34+,38+,40?,41+,42?/m0/s1. The number of terminal acetylenes is 1. The maximum atomic E-state index is 14.2. The second kappa shape index (κ2) is 16.0. The molecule has 2 aromatic heterocycles. The molecule has 5 N–H and O–H groups in total. The van der Waals surface area contributed by atoms with Gasteiger partial charge < -0.3 is 50.0 Å². The Morgan fingerprint density at radius 2 is 1.88 bits per heavy atom. The van der Waals surface area contributed by atoms with Crippen LogP contribution >= 0.6 is 0 Å². The Hall–Kier alpha value is -4.61. The van der Waals surface area contributed by atoms with Crippen LogP contribution in [0, 0.1) is 30.1 Å².